The lowest BCUT2D eigenvalue weighted by Crippen LogP contribution is -2.43. The Balaban J connectivity index is 1.76. The number of aryl methyl sites for hydroxylation is 2. The van der Waals surface area contributed by atoms with E-state index in [2.05, 4.69) is 17.3 Å². The van der Waals surface area contributed by atoms with Crippen molar-refractivity contribution in [2.45, 2.75) is 37.6 Å². The Kier molecular flexibility index (Phi) is 6.29. The van der Waals surface area contributed by atoms with Crippen LogP contribution in [0.4, 0.5) is 5.69 Å². The fourth-order valence-electron chi connectivity index (χ4n) is 3.57. The van der Waals surface area contributed by atoms with Crippen LogP contribution in [0.3, 0.4) is 0 Å². The number of benzene rings is 2. The number of piperidine rings is 1. The zero-order valence-electron chi connectivity index (χ0n) is 17.5. The highest BCUT2D eigenvalue weighted by Gasteiger charge is 2.24. The lowest BCUT2D eigenvalue weighted by atomic mass is 10.0. The van der Waals surface area contributed by atoms with Gasteiger partial charge in [-0.15, -0.1) is 0 Å². The molecule has 0 aromatic heterocycles. The Hall–Kier alpha value is -2.38. The molecule has 0 bridgehead atoms. The maximum Gasteiger partial charge on any atom is 0.264 e. The van der Waals surface area contributed by atoms with Crippen LogP contribution in [0.2, 0.25) is 0 Å². The van der Waals surface area contributed by atoms with Crippen LogP contribution in [-0.4, -0.2) is 52.5 Å². The number of hydrogen-bond donors (Lipinski definition) is 1. The van der Waals surface area contributed by atoms with Crippen LogP contribution >= 0.6 is 0 Å². The Morgan fingerprint density at radius 2 is 1.69 bits per heavy atom. The average molecular weight is 416 g/mol. The third-order valence-electron chi connectivity index (χ3n) is 5.53. The largest absolute Gasteiger partial charge is 0.349 e. The highest BCUT2D eigenvalue weighted by atomic mass is 32.2. The van der Waals surface area contributed by atoms with Gasteiger partial charge in [-0.2, -0.15) is 0 Å². The molecule has 0 spiro atoms. The fraction of sp³-hybridized carbons (Fsp3) is 0.409. The number of amides is 1. The van der Waals surface area contributed by atoms with Crippen molar-refractivity contribution in [1.29, 1.82) is 0 Å². The van der Waals surface area contributed by atoms with Crippen LogP contribution in [0.25, 0.3) is 0 Å². The Morgan fingerprint density at radius 3 is 2.28 bits per heavy atom. The average Bonchev–Trinajstić information content (AvgIpc) is 2.69. The predicted molar refractivity (Wildman–Crippen MR) is 116 cm³/mol. The van der Waals surface area contributed by atoms with E-state index in [0.717, 1.165) is 37.1 Å². The fourth-order valence-corrected chi connectivity index (χ4v) is 4.83. The molecule has 3 rings (SSSR count). The minimum Gasteiger partial charge on any atom is -0.349 e. The monoisotopic (exact) mass is 415 g/mol. The molecule has 156 valence electrons. The quantitative estimate of drug-likeness (QED) is 0.815. The third-order valence-corrected chi connectivity index (χ3v) is 7.32. The summed E-state index contributed by atoms with van der Waals surface area (Å²) < 4.78 is 27.2. The predicted octanol–water partition coefficient (Wildman–Crippen LogP) is 2.95. The van der Waals surface area contributed by atoms with Crippen LogP contribution < -0.4 is 9.62 Å². The molecule has 1 aliphatic heterocycles. The summed E-state index contributed by atoms with van der Waals surface area (Å²) >= 11 is 0. The molecule has 1 saturated heterocycles. The molecular weight excluding hydrogens is 386 g/mol. The molecule has 0 aliphatic carbocycles. The molecule has 0 unspecified atom stereocenters. The van der Waals surface area contributed by atoms with Crippen molar-refractivity contribution in [2.75, 3.05) is 31.5 Å². The molecule has 1 amide bonds. The summed E-state index contributed by atoms with van der Waals surface area (Å²) in [5.74, 6) is -0.113. The van der Waals surface area contributed by atoms with Crippen LogP contribution in [0.15, 0.2) is 47.4 Å². The van der Waals surface area contributed by atoms with E-state index in [0.29, 0.717) is 11.3 Å². The van der Waals surface area contributed by atoms with E-state index in [1.54, 1.807) is 42.5 Å². The lowest BCUT2D eigenvalue weighted by Gasteiger charge is -2.29. The van der Waals surface area contributed by atoms with Crippen molar-refractivity contribution in [3.05, 3.63) is 59.2 Å². The first-order valence-electron chi connectivity index (χ1n) is 9.84. The normalized spacial score (nSPS) is 15.9. The highest BCUT2D eigenvalue weighted by molar-refractivity contribution is 7.92. The Labute approximate surface area is 173 Å². The summed E-state index contributed by atoms with van der Waals surface area (Å²) in [6.07, 6.45) is 1.88. The van der Waals surface area contributed by atoms with Crippen LogP contribution in [0.1, 0.15) is 34.3 Å². The molecule has 7 heteroatoms. The molecule has 6 nitrogen and oxygen atoms in total. The molecule has 2 aromatic carbocycles. The summed E-state index contributed by atoms with van der Waals surface area (Å²) in [4.78, 5) is 15.1. The van der Waals surface area contributed by atoms with E-state index in [-0.39, 0.29) is 16.8 Å². The first-order valence-corrected chi connectivity index (χ1v) is 11.3. The number of rotatable bonds is 5. The van der Waals surface area contributed by atoms with Crippen molar-refractivity contribution >= 4 is 21.6 Å². The van der Waals surface area contributed by atoms with E-state index in [4.69, 9.17) is 0 Å². The first kappa shape index (κ1) is 21.3. The molecule has 0 radical (unpaired) electrons. The number of nitrogens with zero attached hydrogens (tertiary/aromatic N) is 2. The van der Waals surface area contributed by atoms with Gasteiger partial charge in [0, 0.05) is 18.7 Å². The van der Waals surface area contributed by atoms with Gasteiger partial charge in [0.25, 0.3) is 15.9 Å². The number of hydrogen-bond acceptors (Lipinski definition) is 4. The molecule has 29 heavy (non-hydrogen) atoms. The maximum atomic E-state index is 12.9. The van der Waals surface area contributed by atoms with Crippen LogP contribution in [0.5, 0.6) is 0 Å². The van der Waals surface area contributed by atoms with Gasteiger partial charge in [0.1, 0.15) is 0 Å². The second-order valence-corrected chi connectivity index (χ2v) is 9.81. The molecule has 2 aromatic rings. The number of sulfonamides is 1. The van der Waals surface area contributed by atoms with E-state index in [1.165, 1.54) is 11.4 Å². The number of anilines is 1. The highest BCUT2D eigenvalue weighted by Crippen LogP contribution is 2.26. The van der Waals surface area contributed by atoms with E-state index in [1.807, 2.05) is 13.8 Å². The minimum atomic E-state index is -3.66. The molecule has 1 N–H and O–H groups in total. The first-order chi connectivity index (χ1) is 13.7. The van der Waals surface area contributed by atoms with Crippen molar-refractivity contribution in [1.82, 2.24) is 10.2 Å². The van der Waals surface area contributed by atoms with Gasteiger partial charge in [-0.1, -0.05) is 17.7 Å². The molecular formula is C22H29N3O3S. The Morgan fingerprint density at radius 1 is 1.07 bits per heavy atom. The number of nitrogens with one attached hydrogen (secondary N) is 1. The zero-order chi connectivity index (χ0) is 21.2. The second kappa shape index (κ2) is 8.55. The Bertz CT molecular complexity index is 979. The number of carbonyl (C=O) groups excluding carboxylic acids is 1. The van der Waals surface area contributed by atoms with E-state index >= 15 is 0 Å². The molecule has 1 fully saturated rings. The van der Waals surface area contributed by atoms with Crippen LogP contribution in [-0.2, 0) is 10.0 Å². The van der Waals surface area contributed by atoms with Crippen molar-refractivity contribution < 1.29 is 13.2 Å². The molecule has 1 aliphatic rings. The summed E-state index contributed by atoms with van der Waals surface area (Å²) in [6, 6.07) is 12.1. The SMILES string of the molecule is Cc1ccc(S(=O)(=O)N(C)c2ccc(C(=O)NC3CCN(C)CC3)cc2C)cc1. The van der Waals surface area contributed by atoms with E-state index in [9.17, 15) is 13.2 Å². The molecule has 1 heterocycles. The van der Waals surface area contributed by atoms with Gasteiger partial charge < -0.3 is 10.2 Å². The van der Waals surface area contributed by atoms with Crippen molar-refractivity contribution in [3.63, 3.8) is 0 Å². The zero-order valence-corrected chi connectivity index (χ0v) is 18.3. The van der Waals surface area contributed by atoms with Gasteiger partial charge in [-0.25, -0.2) is 8.42 Å². The van der Waals surface area contributed by atoms with Gasteiger partial charge in [-0.05, 0) is 82.7 Å². The lowest BCUT2D eigenvalue weighted by molar-refractivity contribution is 0.0917. The summed E-state index contributed by atoms with van der Waals surface area (Å²) in [5.41, 5.74) is 2.84. The minimum absolute atomic E-state index is 0.113. The smallest absolute Gasteiger partial charge is 0.264 e. The van der Waals surface area contributed by atoms with Crippen molar-refractivity contribution in [3.8, 4) is 0 Å². The summed E-state index contributed by atoms with van der Waals surface area (Å²) in [7, 11) is -0.0421. The standard InChI is InChI=1S/C22H29N3O3S/c1-16-5-8-20(9-6-16)29(27,28)25(4)21-10-7-18(15-17(21)2)22(26)23-19-11-13-24(3)14-12-19/h5-10,15,19H,11-14H2,1-4H3,(H,23,26). The van der Waals surface area contributed by atoms with Gasteiger partial charge in [0.15, 0.2) is 0 Å². The summed E-state index contributed by atoms with van der Waals surface area (Å²) in [5, 5.41) is 3.10. The van der Waals surface area contributed by atoms with E-state index < -0.39 is 10.0 Å². The second-order valence-electron chi connectivity index (χ2n) is 7.84. The van der Waals surface area contributed by atoms with Crippen LogP contribution in [0, 0.1) is 13.8 Å². The topological polar surface area (TPSA) is 69.7 Å². The number of carbonyl (C=O) groups is 1. The molecule has 0 atom stereocenters. The number of likely N-dealkylation sites (tertiary alicyclic amines) is 1. The molecule has 0 saturated carbocycles. The van der Waals surface area contributed by atoms with Gasteiger partial charge >= 0.3 is 0 Å². The van der Waals surface area contributed by atoms with Gasteiger partial charge in [-0.3, -0.25) is 9.10 Å². The van der Waals surface area contributed by atoms with Crippen molar-refractivity contribution in [2.24, 2.45) is 0 Å². The van der Waals surface area contributed by atoms with Gasteiger partial charge in [0.2, 0.25) is 0 Å². The third kappa shape index (κ3) is 4.79. The maximum absolute atomic E-state index is 12.9. The summed E-state index contributed by atoms with van der Waals surface area (Å²) in [6.45, 7) is 5.69. The van der Waals surface area contributed by atoms with Gasteiger partial charge in [0.05, 0.1) is 10.6 Å².